The number of benzene rings is 1. The highest BCUT2D eigenvalue weighted by molar-refractivity contribution is 7.27. The number of hydrogen-bond acceptors (Lipinski definition) is 8. The van der Waals surface area contributed by atoms with E-state index in [0.29, 0.717) is 12.2 Å². The van der Waals surface area contributed by atoms with Crippen molar-refractivity contribution in [1.29, 1.82) is 15.8 Å². The van der Waals surface area contributed by atoms with E-state index in [9.17, 15) is 15.8 Å². The molecule has 1 aromatic carbocycles. The van der Waals surface area contributed by atoms with E-state index in [1.807, 2.05) is 32.1 Å². The normalized spacial score (nSPS) is 18.8. The lowest BCUT2D eigenvalue weighted by atomic mass is 9.68. The Morgan fingerprint density at radius 3 is 2.40 bits per heavy atom. The van der Waals surface area contributed by atoms with Gasteiger partial charge in [-0.2, -0.15) is 15.8 Å². The summed E-state index contributed by atoms with van der Waals surface area (Å²) in [5, 5.41) is 31.6. The van der Waals surface area contributed by atoms with Gasteiger partial charge in [-0.3, -0.25) is 0 Å². The molecule has 0 saturated carbocycles. The summed E-state index contributed by atoms with van der Waals surface area (Å²) in [6, 6.07) is 12.8. The van der Waals surface area contributed by atoms with Crippen molar-refractivity contribution in [3.8, 4) is 24.0 Å². The van der Waals surface area contributed by atoms with E-state index in [1.54, 1.807) is 22.7 Å². The Morgan fingerprint density at radius 2 is 1.72 bits per heavy atom. The van der Waals surface area contributed by atoms with Gasteiger partial charge in [-0.05, 0) is 84.7 Å². The molecule has 0 fully saturated rings. The fourth-order valence-corrected chi connectivity index (χ4v) is 9.58. The first-order valence-corrected chi connectivity index (χ1v) is 19.4. The maximum Gasteiger partial charge on any atom is 0.172 e. The zero-order chi connectivity index (χ0) is 35.8. The van der Waals surface area contributed by atoms with E-state index >= 15 is 0 Å². The average Bonchev–Trinajstić information content (AvgIpc) is 3.75. The van der Waals surface area contributed by atoms with Crippen LogP contribution >= 0.6 is 22.7 Å². The fourth-order valence-electron chi connectivity index (χ4n) is 7.47. The van der Waals surface area contributed by atoms with Gasteiger partial charge < -0.3 is 14.4 Å². The standard InChI is InChI=1S/C42H46N4O2S2/c1-8-9-10-11-19-47-39-28(22-32-37-36(39)41(4,5)16-18-46(37)17-15-40(32,2)3)21-27(34-23-35-33(50-34)14-20-49-35)12-13-31-30(26-45)38(29(24-43)25-44)48-42(31,6)7/h12-14,20-23H,8-11,15-19H2,1-7H3/b13-12+,27-21-. The molecule has 0 unspecified atom stereocenters. The minimum absolute atomic E-state index is 0.0113. The lowest BCUT2D eigenvalue weighted by Crippen LogP contribution is -2.45. The number of nitriles is 3. The second-order valence-corrected chi connectivity index (χ2v) is 17.4. The number of unbranched alkanes of at least 4 members (excludes halogenated alkanes) is 3. The molecule has 2 aromatic heterocycles. The Balaban J connectivity index is 1.59. The van der Waals surface area contributed by atoms with Gasteiger partial charge in [0.05, 0.1) is 6.61 Å². The van der Waals surface area contributed by atoms with Crippen LogP contribution in [0.5, 0.6) is 5.75 Å². The molecule has 0 radical (unpaired) electrons. The number of hydrogen-bond donors (Lipinski definition) is 0. The van der Waals surface area contributed by atoms with Crippen LogP contribution in [0.4, 0.5) is 5.69 Å². The average molecular weight is 703 g/mol. The Bertz CT molecular complexity index is 2030. The number of fused-ring (bicyclic) bond motifs is 1. The van der Waals surface area contributed by atoms with Gasteiger partial charge in [0, 0.05) is 49.8 Å². The predicted molar refractivity (Wildman–Crippen MR) is 206 cm³/mol. The van der Waals surface area contributed by atoms with Crippen LogP contribution in [0.15, 0.2) is 58.2 Å². The summed E-state index contributed by atoms with van der Waals surface area (Å²) < 4.78 is 15.5. The number of nitrogens with zero attached hydrogens (tertiary/aromatic N) is 4. The van der Waals surface area contributed by atoms with Crippen molar-refractivity contribution in [3.05, 3.63) is 79.8 Å². The Kier molecular flexibility index (Phi) is 9.80. The molecule has 258 valence electrons. The van der Waals surface area contributed by atoms with E-state index < -0.39 is 5.60 Å². The number of thiophene rings is 2. The molecule has 0 amide bonds. The molecule has 0 saturated heterocycles. The van der Waals surface area contributed by atoms with Gasteiger partial charge in [0.1, 0.15) is 35.1 Å². The molecule has 6 nitrogen and oxygen atoms in total. The van der Waals surface area contributed by atoms with Crippen molar-refractivity contribution < 1.29 is 9.47 Å². The third-order valence-electron chi connectivity index (χ3n) is 10.5. The van der Waals surface area contributed by atoms with Crippen LogP contribution in [0.2, 0.25) is 0 Å². The largest absolute Gasteiger partial charge is 0.493 e. The maximum absolute atomic E-state index is 10.2. The second kappa shape index (κ2) is 13.8. The zero-order valence-corrected chi connectivity index (χ0v) is 32.0. The van der Waals surface area contributed by atoms with Crippen LogP contribution in [-0.4, -0.2) is 25.3 Å². The Hall–Kier alpha value is -4.29. The quantitative estimate of drug-likeness (QED) is 0.119. The molecule has 3 aliphatic heterocycles. The monoisotopic (exact) mass is 702 g/mol. The number of rotatable bonds is 10. The van der Waals surface area contributed by atoms with Gasteiger partial charge in [0.25, 0.3) is 0 Å². The lowest BCUT2D eigenvalue weighted by molar-refractivity contribution is 0.0954. The van der Waals surface area contributed by atoms with E-state index in [2.05, 4.69) is 81.3 Å². The van der Waals surface area contributed by atoms with Gasteiger partial charge in [0.2, 0.25) is 0 Å². The third kappa shape index (κ3) is 6.51. The number of anilines is 1. The molecular weight excluding hydrogens is 657 g/mol. The molecule has 0 bridgehead atoms. The Labute approximate surface area is 305 Å². The Morgan fingerprint density at radius 1 is 0.980 bits per heavy atom. The molecule has 5 heterocycles. The van der Waals surface area contributed by atoms with Crippen LogP contribution in [0.25, 0.3) is 21.0 Å². The zero-order valence-electron chi connectivity index (χ0n) is 30.3. The SMILES string of the molecule is CCCCCCOc1c(/C=C(/C=C/C2=C(C#N)C(=C(C#N)C#N)OC2(C)C)c2cc3sccc3s2)cc2c3c1C(C)(C)CCN3CCC2(C)C. The summed E-state index contributed by atoms with van der Waals surface area (Å²) in [6.07, 6.45) is 13.0. The van der Waals surface area contributed by atoms with Gasteiger partial charge in [0.15, 0.2) is 11.3 Å². The molecule has 3 aromatic rings. The van der Waals surface area contributed by atoms with Crippen LogP contribution in [-0.2, 0) is 15.6 Å². The molecular formula is C42H46N4O2S2. The first-order valence-electron chi connectivity index (χ1n) is 17.7. The van der Waals surface area contributed by atoms with E-state index in [1.165, 1.54) is 39.1 Å². The van der Waals surface area contributed by atoms with Gasteiger partial charge in [-0.25, -0.2) is 0 Å². The van der Waals surface area contributed by atoms with Crippen molar-refractivity contribution in [3.63, 3.8) is 0 Å². The minimum atomic E-state index is -0.906. The summed E-state index contributed by atoms with van der Waals surface area (Å²) >= 11 is 3.48. The second-order valence-electron chi connectivity index (χ2n) is 15.4. The van der Waals surface area contributed by atoms with Gasteiger partial charge in [-0.15, -0.1) is 22.7 Å². The van der Waals surface area contributed by atoms with Crippen molar-refractivity contribution in [2.45, 2.75) is 103 Å². The number of ether oxygens (including phenoxy) is 2. The van der Waals surface area contributed by atoms with Crippen molar-refractivity contribution in [1.82, 2.24) is 0 Å². The van der Waals surface area contributed by atoms with Crippen molar-refractivity contribution in [2.24, 2.45) is 0 Å². The summed E-state index contributed by atoms with van der Waals surface area (Å²) in [7, 11) is 0. The van der Waals surface area contributed by atoms with E-state index in [0.717, 1.165) is 60.5 Å². The summed E-state index contributed by atoms with van der Waals surface area (Å²) in [6.45, 7) is 18.2. The van der Waals surface area contributed by atoms with E-state index in [4.69, 9.17) is 9.47 Å². The molecule has 8 heteroatoms. The van der Waals surface area contributed by atoms with Gasteiger partial charge >= 0.3 is 0 Å². The molecule has 50 heavy (non-hydrogen) atoms. The fraction of sp³-hybridized carbons (Fsp3) is 0.452. The van der Waals surface area contributed by atoms with Crippen LogP contribution < -0.4 is 9.64 Å². The van der Waals surface area contributed by atoms with Gasteiger partial charge in [-0.1, -0.05) is 66.0 Å². The molecule has 6 rings (SSSR count). The molecule has 0 N–H and O–H groups in total. The van der Waals surface area contributed by atoms with Crippen LogP contribution in [0, 0.1) is 34.0 Å². The molecule has 0 aliphatic carbocycles. The highest BCUT2D eigenvalue weighted by Gasteiger charge is 2.43. The lowest BCUT2D eigenvalue weighted by Gasteiger charge is -2.49. The van der Waals surface area contributed by atoms with Crippen LogP contribution in [0.1, 0.15) is 109 Å². The number of allylic oxidation sites excluding steroid dienone is 4. The van der Waals surface area contributed by atoms with Crippen molar-refractivity contribution in [2.75, 3.05) is 24.6 Å². The van der Waals surface area contributed by atoms with E-state index in [-0.39, 0.29) is 27.7 Å². The highest BCUT2D eigenvalue weighted by Crippen LogP contribution is 2.54. The first kappa shape index (κ1) is 35.5. The summed E-state index contributed by atoms with van der Waals surface area (Å²) in [5.74, 6) is 1.03. The van der Waals surface area contributed by atoms with Crippen molar-refractivity contribution >= 4 is 49.4 Å². The maximum atomic E-state index is 10.2. The predicted octanol–water partition coefficient (Wildman–Crippen LogP) is 11.1. The first-order chi connectivity index (χ1) is 23.8. The third-order valence-corrected chi connectivity index (χ3v) is 12.6. The summed E-state index contributed by atoms with van der Waals surface area (Å²) in [4.78, 5) is 3.71. The molecule has 3 aliphatic rings. The highest BCUT2D eigenvalue weighted by atomic mass is 32.1. The minimum Gasteiger partial charge on any atom is -0.493 e. The summed E-state index contributed by atoms with van der Waals surface area (Å²) in [5.41, 5.74) is 5.83. The topological polar surface area (TPSA) is 93.1 Å². The smallest absolute Gasteiger partial charge is 0.172 e. The van der Waals surface area contributed by atoms with Crippen LogP contribution in [0.3, 0.4) is 0 Å². The molecule has 0 atom stereocenters. The molecule has 0 spiro atoms.